The van der Waals surface area contributed by atoms with Gasteiger partial charge in [0.05, 0.1) is 0 Å². The molecule has 3 aromatic rings. The second kappa shape index (κ2) is 6.32. The lowest BCUT2D eigenvalue weighted by Crippen LogP contribution is -2.28. The highest BCUT2D eigenvalue weighted by Crippen LogP contribution is 2.23. The van der Waals surface area contributed by atoms with E-state index in [1.165, 1.54) is 10.9 Å². The predicted octanol–water partition coefficient (Wildman–Crippen LogP) is 3.25. The summed E-state index contributed by atoms with van der Waals surface area (Å²) in [6, 6.07) is 12.3. The van der Waals surface area contributed by atoms with Crippen LogP contribution in [0.5, 0.6) is 0 Å². The molecule has 1 amide bonds. The second-order valence-electron chi connectivity index (χ2n) is 6.13. The summed E-state index contributed by atoms with van der Waals surface area (Å²) >= 11 is 0. The minimum absolute atomic E-state index is 0.0357. The Balaban J connectivity index is 1.38. The number of para-hydroxylation sites is 1. The number of benzene rings is 1. The number of carbonyl (C=O) groups is 1. The van der Waals surface area contributed by atoms with Gasteiger partial charge in [-0.2, -0.15) is 0 Å². The highest BCUT2D eigenvalue weighted by Gasteiger charge is 2.15. The average molecular weight is 317 g/mol. The molecule has 4 rings (SSSR count). The monoisotopic (exact) mass is 317 g/mol. The third kappa shape index (κ3) is 2.95. The fourth-order valence-corrected chi connectivity index (χ4v) is 3.19. The van der Waals surface area contributed by atoms with Gasteiger partial charge in [-0.15, -0.1) is 0 Å². The van der Waals surface area contributed by atoms with Gasteiger partial charge < -0.3 is 10.3 Å². The lowest BCUT2D eigenvalue weighted by Gasteiger charge is -2.15. The maximum atomic E-state index is 12.4. The maximum absolute atomic E-state index is 12.4. The van der Waals surface area contributed by atoms with Crippen molar-refractivity contribution < 1.29 is 4.79 Å². The van der Waals surface area contributed by atoms with Gasteiger partial charge >= 0.3 is 0 Å². The van der Waals surface area contributed by atoms with Crippen LogP contribution < -0.4 is 5.32 Å². The Morgan fingerprint density at radius 1 is 1.21 bits per heavy atom. The molecule has 0 fully saturated rings. The van der Waals surface area contributed by atoms with Crippen LogP contribution in [0.4, 0.5) is 0 Å². The van der Waals surface area contributed by atoms with E-state index in [2.05, 4.69) is 33.5 Å². The number of aryl methyl sites for hydroxylation is 1. The van der Waals surface area contributed by atoms with E-state index in [0.717, 1.165) is 41.6 Å². The largest absolute Gasteiger partial charge is 0.358 e. The minimum Gasteiger partial charge on any atom is -0.358 e. The number of aromatic amines is 1. The third-order valence-electron chi connectivity index (χ3n) is 4.49. The fraction of sp³-hybridized carbons (Fsp3) is 0.200. The quantitative estimate of drug-likeness (QED) is 0.776. The number of nitrogens with zero attached hydrogens (tertiary/aromatic N) is 1. The van der Waals surface area contributed by atoms with Crippen LogP contribution in [0.2, 0.25) is 0 Å². The highest BCUT2D eigenvalue weighted by molar-refractivity contribution is 5.98. The molecule has 0 spiro atoms. The van der Waals surface area contributed by atoms with E-state index in [4.69, 9.17) is 0 Å². The van der Waals surface area contributed by atoms with Crippen LogP contribution in [-0.2, 0) is 17.6 Å². The molecule has 0 atom stereocenters. The molecule has 120 valence electrons. The van der Waals surface area contributed by atoms with Gasteiger partial charge in [0.1, 0.15) is 0 Å². The predicted molar refractivity (Wildman–Crippen MR) is 95.5 cm³/mol. The number of carbonyl (C=O) groups excluding carboxylic acids is 1. The van der Waals surface area contributed by atoms with Crippen LogP contribution >= 0.6 is 0 Å². The van der Waals surface area contributed by atoms with Gasteiger partial charge in [0.15, 0.2) is 0 Å². The Bertz CT molecular complexity index is 890. The van der Waals surface area contributed by atoms with Gasteiger partial charge in [-0.1, -0.05) is 18.2 Å². The van der Waals surface area contributed by atoms with Gasteiger partial charge in [-0.3, -0.25) is 9.78 Å². The Morgan fingerprint density at radius 2 is 2.12 bits per heavy atom. The molecule has 0 radical (unpaired) electrons. The molecule has 2 heterocycles. The molecule has 4 heteroatoms. The standard InChI is InChI=1S/C20H19N3O/c24-20(16-5-6-17-13-21-9-7-14(17)11-16)22-10-8-18-12-15-3-1-2-4-19(15)23-18/h1-4,7,9,11-13,23H,5-6,8,10H2,(H,22,24). The smallest absolute Gasteiger partial charge is 0.247 e. The normalized spacial score (nSPS) is 13.4. The van der Waals surface area contributed by atoms with Crippen LogP contribution in [0.3, 0.4) is 0 Å². The number of nitrogens with one attached hydrogen (secondary N) is 2. The number of amides is 1. The molecular weight excluding hydrogens is 298 g/mol. The summed E-state index contributed by atoms with van der Waals surface area (Å²) in [5.41, 5.74) is 5.46. The van der Waals surface area contributed by atoms with Crippen molar-refractivity contribution in [2.24, 2.45) is 0 Å². The summed E-state index contributed by atoms with van der Waals surface area (Å²) in [5.74, 6) is 0.0357. The second-order valence-corrected chi connectivity index (χ2v) is 6.13. The van der Waals surface area contributed by atoms with Crippen LogP contribution in [0.25, 0.3) is 17.0 Å². The Kier molecular flexibility index (Phi) is 3.87. The summed E-state index contributed by atoms with van der Waals surface area (Å²) in [6.07, 6.45) is 8.09. The van der Waals surface area contributed by atoms with E-state index in [-0.39, 0.29) is 5.91 Å². The number of fused-ring (bicyclic) bond motifs is 2. The fourth-order valence-electron chi connectivity index (χ4n) is 3.19. The van der Waals surface area contributed by atoms with Gasteiger partial charge in [-0.25, -0.2) is 0 Å². The molecule has 0 unspecified atom stereocenters. The van der Waals surface area contributed by atoms with E-state index in [9.17, 15) is 4.79 Å². The molecule has 0 saturated carbocycles. The maximum Gasteiger partial charge on any atom is 0.247 e. The van der Waals surface area contributed by atoms with Crippen molar-refractivity contribution >= 4 is 22.9 Å². The summed E-state index contributed by atoms with van der Waals surface area (Å²) in [7, 11) is 0. The van der Waals surface area contributed by atoms with Crippen molar-refractivity contribution in [3.8, 4) is 0 Å². The number of hydrogen-bond acceptors (Lipinski definition) is 2. The first-order valence-electron chi connectivity index (χ1n) is 8.28. The number of H-pyrrole nitrogens is 1. The first-order chi connectivity index (χ1) is 11.8. The summed E-state index contributed by atoms with van der Waals surface area (Å²) in [5, 5.41) is 4.24. The van der Waals surface area contributed by atoms with E-state index < -0.39 is 0 Å². The van der Waals surface area contributed by atoms with E-state index in [0.29, 0.717) is 6.54 Å². The van der Waals surface area contributed by atoms with Crippen molar-refractivity contribution in [1.82, 2.24) is 15.3 Å². The van der Waals surface area contributed by atoms with Crippen LogP contribution in [0, 0.1) is 0 Å². The zero-order valence-corrected chi connectivity index (χ0v) is 13.4. The zero-order chi connectivity index (χ0) is 16.4. The lowest BCUT2D eigenvalue weighted by atomic mass is 9.93. The molecule has 0 saturated heterocycles. The van der Waals surface area contributed by atoms with Gasteiger partial charge in [-0.05, 0) is 53.6 Å². The molecule has 1 aromatic carbocycles. The first-order valence-corrected chi connectivity index (χ1v) is 8.28. The molecule has 2 aromatic heterocycles. The topological polar surface area (TPSA) is 57.8 Å². The van der Waals surface area contributed by atoms with Gasteiger partial charge in [0.2, 0.25) is 5.91 Å². The van der Waals surface area contributed by atoms with Crippen molar-refractivity contribution in [1.29, 1.82) is 0 Å². The minimum atomic E-state index is 0.0357. The van der Waals surface area contributed by atoms with Crippen molar-refractivity contribution in [3.05, 3.63) is 71.2 Å². The molecular formula is C20H19N3O. The Labute approximate surface area is 140 Å². The summed E-state index contributed by atoms with van der Waals surface area (Å²) < 4.78 is 0. The SMILES string of the molecule is O=C(NCCc1cc2ccccc2[nH]1)C1=Cc2ccncc2CC1. The van der Waals surface area contributed by atoms with Crippen LogP contribution in [0.15, 0.2) is 54.4 Å². The van der Waals surface area contributed by atoms with Gasteiger partial charge in [0.25, 0.3) is 0 Å². The highest BCUT2D eigenvalue weighted by atomic mass is 16.1. The van der Waals surface area contributed by atoms with Crippen molar-refractivity contribution in [2.45, 2.75) is 19.3 Å². The molecule has 2 N–H and O–H groups in total. The Morgan fingerprint density at radius 3 is 3.04 bits per heavy atom. The van der Waals surface area contributed by atoms with E-state index >= 15 is 0 Å². The number of pyridine rings is 1. The Hall–Kier alpha value is -2.88. The molecule has 24 heavy (non-hydrogen) atoms. The van der Waals surface area contributed by atoms with Crippen molar-refractivity contribution in [2.75, 3.05) is 6.54 Å². The number of rotatable bonds is 4. The molecule has 0 bridgehead atoms. The van der Waals surface area contributed by atoms with E-state index in [1.807, 2.05) is 30.5 Å². The van der Waals surface area contributed by atoms with Crippen LogP contribution in [-0.4, -0.2) is 22.4 Å². The van der Waals surface area contributed by atoms with Crippen LogP contribution in [0.1, 0.15) is 23.2 Å². The molecule has 4 nitrogen and oxygen atoms in total. The molecule has 1 aliphatic rings. The average Bonchev–Trinajstić information content (AvgIpc) is 3.04. The number of aromatic nitrogens is 2. The third-order valence-corrected chi connectivity index (χ3v) is 4.49. The molecule has 1 aliphatic carbocycles. The summed E-state index contributed by atoms with van der Waals surface area (Å²) in [4.78, 5) is 19.9. The lowest BCUT2D eigenvalue weighted by molar-refractivity contribution is -0.117. The zero-order valence-electron chi connectivity index (χ0n) is 13.4. The van der Waals surface area contributed by atoms with E-state index in [1.54, 1.807) is 6.20 Å². The first kappa shape index (κ1) is 14.7. The van der Waals surface area contributed by atoms with Crippen molar-refractivity contribution in [3.63, 3.8) is 0 Å². The molecule has 0 aliphatic heterocycles. The number of hydrogen-bond donors (Lipinski definition) is 2. The van der Waals surface area contributed by atoms with Gasteiger partial charge in [0, 0.05) is 42.1 Å². The summed E-state index contributed by atoms with van der Waals surface area (Å²) in [6.45, 7) is 0.631.